The van der Waals surface area contributed by atoms with Crippen molar-refractivity contribution in [2.24, 2.45) is 0 Å². The highest BCUT2D eigenvalue weighted by Gasteiger charge is 1.67. The van der Waals surface area contributed by atoms with Gasteiger partial charge in [-0.25, -0.2) is 0 Å². The zero-order chi connectivity index (χ0) is 6.95. The molecule has 0 spiro atoms. The summed E-state index contributed by atoms with van der Waals surface area (Å²) in [5.41, 5.74) is 0. The van der Waals surface area contributed by atoms with Crippen molar-refractivity contribution in [1.82, 2.24) is 0 Å². The second-order valence-corrected chi connectivity index (χ2v) is 1.36. The Balaban J connectivity index is 3.27. The van der Waals surface area contributed by atoms with Crippen LogP contribution in [-0.4, -0.2) is 12.6 Å². The summed E-state index contributed by atoms with van der Waals surface area (Å²) in [6.07, 6.45) is 8.19. The first-order valence-corrected chi connectivity index (χ1v) is 2.62. The first-order valence-electron chi connectivity index (χ1n) is 2.62. The molecule has 0 aromatic carbocycles. The number of hydrogen-bond acceptors (Lipinski definition) is 2. The lowest BCUT2D eigenvalue weighted by Gasteiger charge is -1.73. The van der Waals surface area contributed by atoms with E-state index < -0.39 is 0 Å². The summed E-state index contributed by atoms with van der Waals surface area (Å²) in [5, 5.41) is 0. The minimum Gasteiger partial charge on any atom is -0.299 e. The lowest BCUT2D eigenvalue weighted by Crippen LogP contribution is -1.62. The maximum atomic E-state index is 9.66. The van der Waals surface area contributed by atoms with Gasteiger partial charge in [-0.1, -0.05) is 12.2 Å². The van der Waals surface area contributed by atoms with Gasteiger partial charge in [-0.2, -0.15) is 0 Å². The van der Waals surface area contributed by atoms with E-state index >= 15 is 0 Å². The minimum atomic E-state index is 0.636. The average molecular weight is 124 g/mol. The monoisotopic (exact) mass is 124 g/mol. The molecule has 48 valence electrons. The van der Waals surface area contributed by atoms with E-state index in [-0.39, 0.29) is 0 Å². The molecule has 0 amide bonds. The van der Waals surface area contributed by atoms with E-state index in [0.717, 1.165) is 0 Å². The van der Waals surface area contributed by atoms with Crippen molar-refractivity contribution in [1.29, 1.82) is 0 Å². The van der Waals surface area contributed by atoms with Gasteiger partial charge in [-0.3, -0.25) is 9.59 Å². The Bertz CT molecular complexity index is 118. The third kappa shape index (κ3) is 6.82. The Hall–Kier alpha value is -1.18. The van der Waals surface area contributed by atoms with Gasteiger partial charge in [0.05, 0.1) is 0 Å². The molecule has 0 bridgehead atoms. The first kappa shape index (κ1) is 7.82. The van der Waals surface area contributed by atoms with Gasteiger partial charge in [-0.15, -0.1) is 0 Å². The number of allylic oxidation sites excluding steroid dienone is 4. The Morgan fingerprint density at radius 3 is 1.67 bits per heavy atom. The molecule has 0 N–H and O–H groups in total. The number of carbonyl (C=O) groups excluding carboxylic acids is 2. The van der Waals surface area contributed by atoms with Gasteiger partial charge in [0.25, 0.3) is 0 Å². The van der Waals surface area contributed by atoms with Crippen LogP contribution in [0.4, 0.5) is 0 Å². The van der Waals surface area contributed by atoms with Crippen LogP contribution in [0.3, 0.4) is 0 Å². The van der Waals surface area contributed by atoms with E-state index in [4.69, 9.17) is 0 Å². The highest BCUT2D eigenvalue weighted by atomic mass is 16.1. The SMILES string of the molecule is O=CC=CCC=CC=O. The summed E-state index contributed by atoms with van der Waals surface area (Å²) in [5.74, 6) is 0. The average Bonchev–Trinajstić information content (AvgIpc) is 1.89. The molecular formula is C7H8O2. The summed E-state index contributed by atoms with van der Waals surface area (Å²) in [4.78, 5) is 19.3. The fraction of sp³-hybridized carbons (Fsp3) is 0.143. The molecule has 0 saturated heterocycles. The summed E-state index contributed by atoms with van der Waals surface area (Å²) >= 11 is 0. The van der Waals surface area contributed by atoms with Crippen molar-refractivity contribution >= 4 is 12.6 Å². The Morgan fingerprint density at radius 2 is 1.33 bits per heavy atom. The lowest BCUT2D eigenvalue weighted by molar-refractivity contribution is -0.104. The van der Waals surface area contributed by atoms with E-state index in [1.807, 2.05) is 0 Å². The zero-order valence-electron chi connectivity index (χ0n) is 4.99. The van der Waals surface area contributed by atoms with E-state index in [9.17, 15) is 9.59 Å². The largest absolute Gasteiger partial charge is 0.299 e. The number of aldehydes is 2. The van der Waals surface area contributed by atoms with Crippen LogP contribution in [0.15, 0.2) is 24.3 Å². The van der Waals surface area contributed by atoms with Crippen LogP contribution in [0.5, 0.6) is 0 Å². The molecule has 0 unspecified atom stereocenters. The molecule has 9 heavy (non-hydrogen) atoms. The van der Waals surface area contributed by atoms with Gasteiger partial charge < -0.3 is 0 Å². The summed E-state index contributed by atoms with van der Waals surface area (Å²) in [6, 6.07) is 0. The third-order valence-electron chi connectivity index (χ3n) is 0.701. The van der Waals surface area contributed by atoms with Crippen molar-refractivity contribution in [2.75, 3.05) is 0 Å². The Kier molecular flexibility index (Phi) is 5.93. The quantitative estimate of drug-likeness (QED) is 0.412. The van der Waals surface area contributed by atoms with E-state index in [1.54, 1.807) is 12.2 Å². The second kappa shape index (κ2) is 6.82. The molecule has 0 rings (SSSR count). The second-order valence-electron chi connectivity index (χ2n) is 1.36. The fourth-order valence-corrected chi connectivity index (χ4v) is 0.347. The molecule has 0 aromatic rings. The van der Waals surface area contributed by atoms with Gasteiger partial charge >= 0.3 is 0 Å². The summed E-state index contributed by atoms with van der Waals surface area (Å²) in [7, 11) is 0. The normalized spacial score (nSPS) is 10.7. The summed E-state index contributed by atoms with van der Waals surface area (Å²) in [6.45, 7) is 0. The predicted molar refractivity (Wildman–Crippen MR) is 35.0 cm³/mol. The molecule has 0 radical (unpaired) electrons. The van der Waals surface area contributed by atoms with Crippen LogP contribution in [0.25, 0.3) is 0 Å². The zero-order valence-corrected chi connectivity index (χ0v) is 4.99. The van der Waals surface area contributed by atoms with Crippen molar-refractivity contribution in [3.8, 4) is 0 Å². The lowest BCUT2D eigenvalue weighted by atomic mass is 10.3. The van der Waals surface area contributed by atoms with Crippen molar-refractivity contribution in [3.63, 3.8) is 0 Å². The molecule has 0 aliphatic rings. The maximum absolute atomic E-state index is 9.66. The van der Waals surface area contributed by atoms with Gasteiger partial charge in [-0.05, 0) is 18.6 Å². The van der Waals surface area contributed by atoms with Crippen LogP contribution in [-0.2, 0) is 9.59 Å². The number of carbonyl (C=O) groups is 2. The van der Waals surface area contributed by atoms with Gasteiger partial charge in [0.15, 0.2) is 0 Å². The van der Waals surface area contributed by atoms with Crippen LogP contribution in [0.1, 0.15) is 6.42 Å². The Morgan fingerprint density at radius 1 is 0.889 bits per heavy atom. The van der Waals surface area contributed by atoms with Crippen molar-refractivity contribution in [2.45, 2.75) is 6.42 Å². The molecule has 0 atom stereocenters. The van der Waals surface area contributed by atoms with Crippen molar-refractivity contribution < 1.29 is 9.59 Å². The molecule has 0 aliphatic carbocycles. The topological polar surface area (TPSA) is 34.1 Å². The van der Waals surface area contributed by atoms with Gasteiger partial charge in [0.2, 0.25) is 0 Å². The Labute approximate surface area is 53.9 Å². The minimum absolute atomic E-state index is 0.636. The van der Waals surface area contributed by atoms with Crippen LogP contribution in [0, 0.1) is 0 Å². The highest BCUT2D eigenvalue weighted by molar-refractivity contribution is 5.65. The summed E-state index contributed by atoms with van der Waals surface area (Å²) < 4.78 is 0. The third-order valence-corrected chi connectivity index (χ3v) is 0.701. The van der Waals surface area contributed by atoms with Crippen molar-refractivity contribution in [3.05, 3.63) is 24.3 Å². The molecular weight excluding hydrogens is 116 g/mol. The van der Waals surface area contributed by atoms with Gasteiger partial charge in [0, 0.05) is 0 Å². The van der Waals surface area contributed by atoms with Crippen LogP contribution < -0.4 is 0 Å². The molecule has 0 aromatic heterocycles. The molecule has 0 heterocycles. The molecule has 2 heteroatoms. The molecule has 0 aliphatic heterocycles. The molecule has 0 saturated carbocycles. The van der Waals surface area contributed by atoms with E-state index in [2.05, 4.69) is 0 Å². The maximum Gasteiger partial charge on any atom is 0.142 e. The van der Waals surface area contributed by atoms with Crippen LogP contribution >= 0.6 is 0 Å². The molecule has 0 fully saturated rings. The fourth-order valence-electron chi connectivity index (χ4n) is 0.347. The smallest absolute Gasteiger partial charge is 0.142 e. The standard InChI is InChI=1S/C7H8O2/c8-6-4-2-1-3-5-7-9/h2-7H,1H2. The molecule has 2 nitrogen and oxygen atoms in total. The van der Waals surface area contributed by atoms with E-state index in [0.29, 0.717) is 19.0 Å². The van der Waals surface area contributed by atoms with Gasteiger partial charge in [0.1, 0.15) is 12.6 Å². The van der Waals surface area contributed by atoms with E-state index in [1.165, 1.54) is 12.2 Å². The first-order chi connectivity index (χ1) is 4.41. The van der Waals surface area contributed by atoms with Crippen LogP contribution in [0.2, 0.25) is 0 Å². The number of hydrogen-bond donors (Lipinski definition) is 0. The highest BCUT2D eigenvalue weighted by Crippen LogP contribution is 1.81. The number of rotatable bonds is 4. The predicted octanol–water partition coefficient (Wildman–Crippen LogP) is 0.887.